The minimum Gasteiger partial charge on any atom is -0.261 e. The average molecular weight is 883 g/mol. The van der Waals surface area contributed by atoms with E-state index in [1.54, 1.807) is 0 Å². The number of para-hydroxylation sites is 4. The highest BCUT2D eigenvalue weighted by molar-refractivity contribution is 6.32. The van der Waals surface area contributed by atoms with Gasteiger partial charge in [0.2, 0.25) is 0 Å². The van der Waals surface area contributed by atoms with E-state index in [0.29, 0.717) is 0 Å². The molecule has 0 bridgehead atoms. The van der Waals surface area contributed by atoms with Crippen LogP contribution in [0.1, 0.15) is 22.8 Å². The number of nitrogens with zero attached hydrogens (tertiary/aromatic N) is 8. The maximum atomic E-state index is 2.39. The van der Waals surface area contributed by atoms with Crippen LogP contribution in [0.4, 0.5) is 45.5 Å². The van der Waals surface area contributed by atoms with Crippen LogP contribution < -0.4 is 20.0 Å². The summed E-state index contributed by atoms with van der Waals surface area (Å²) in [5.41, 5.74) is 12.9. The fourth-order valence-electron chi connectivity index (χ4n) is 10.1. The Kier molecular flexibility index (Phi) is 9.87. The lowest BCUT2D eigenvalue weighted by atomic mass is 9.90. The van der Waals surface area contributed by atoms with Gasteiger partial charge in [0.15, 0.2) is 0 Å². The summed E-state index contributed by atoms with van der Waals surface area (Å²) in [5, 5.41) is 16.3. The summed E-state index contributed by atoms with van der Waals surface area (Å²) in [6.07, 6.45) is 8.65. The molecular weight excluding hydrogens is 833 g/mol. The van der Waals surface area contributed by atoms with Crippen molar-refractivity contribution in [2.24, 2.45) is 0 Å². The molecule has 8 heteroatoms. The Bertz CT molecular complexity index is 3210. The van der Waals surface area contributed by atoms with Crippen LogP contribution in [0, 0.1) is 27.7 Å². The van der Waals surface area contributed by atoms with Gasteiger partial charge < -0.3 is 0 Å². The van der Waals surface area contributed by atoms with Crippen molar-refractivity contribution in [3.05, 3.63) is 254 Å². The number of anilines is 8. The zero-order valence-corrected chi connectivity index (χ0v) is 38.5. The van der Waals surface area contributed by atoms with Gasteiger partial charge in [0.05, 0.1) is 45.5 Å². The number of aromatic nitrogens is 4. The van der Waals surface area contributed by atoms with Crippen molar-refractivity contribution in [3.8, 4) is 0 Å². The molecule has 0 unspecified atom stereocenters. The number of rotatable bonds is 12. The molecule has 0 aliphatic carbocycles. The first-order valence-electron chi connectivity index (χ1n) is 23.2. The van der Waals surface area contributed by atoms with Gasteiger partial charge in [-0.1, -0.05) is 97.1 Å². The summed E-state index contributed by atoms with van der Waals surface area (Å²) in [4.78, 5) is 0. The van der Waals surface area contributed by atoms with Crippen LogP contribution in [-0.2, 0) is 0 Å². The Balaban J connectivity index is 1.29. The SMILES string of the molecule is Cc1cccn1N(c1ccccc1)c1cc(N(c2ccccc2)n2cccc2C)c2ccc3c(N(c4ccccc4)n4cccc4C)cc(N(c4ccccc4)n4cccc4C)c4ccc1c2c43. The Morgan fingerprint density at radius 3 is 0.662 bits per heavy atom. The molecule has 0 saturated carbocycles. The van der Waals surface area contributed by atoms with Crippen LogP contribution >= 0.6 is 0 Å². The summed E-state index contributed by atoms with van der Waals surface area (Å²) >= 11 is 0. The van der Waals surface area contributed by atoms with E-state index in [-0.39, 0.29) is 0 Å². The minimum absolute atomic E-state index is 1.05. The second kappa shape index (κ2) is 16.5. The molecule has 0 N–H and O–H groups in total. The van der Waals surface area contributed by atoms with Crippen molar-refractivity contribution >= 4 is 77.8 Å². The topological polar surface area (TPSA) is 32.7 Å². The van der Waals surface area contributed by atoms with E-state index in [9.17, 15) is 0 Å². The van der Waals surface area contributed by atoms with Crippen LogP contribution in [0.25, 0.3) is 32.3 Å². The summed E-state index contributed by atoms with van der Waals surface area (Å²) in [5.74, 6) is 0. The van der Waals surface area contributed by atoms with Gasteiger partial charge in [0.1, 0.15) is 0 Å². The molecule has 0 fully saturated rings. The fraction of sp³-hybridized carbons (Fsp3) is 0.0667. The third-order valence-corrected chi connectivity index (χ3v) is 13.3. The molecule has 0 radical (unpaired) electrons. The molecule has 0 spiro atoms. The van der Waals surface area contributed by atoms with Gasteiger partial charge >= 0.3 is 0 Å². The van der Waals surface area contributed by atoms with Gasteiger partial charge in [-0.2, -0.15) is 0 Å². The maximum Gasteiger partial charge on any atom is 0.0737 e. The maximum absolute atomic E-state index is 2.39. The molecule has 0 saturated heterocycles. The van der Waals surface area contributed by atoms with Crippen molar-refractivity contribution in [3.63, 3.8) is 0 Å². The van der Waals surface area contributed by atoms with Crippen molar-refractivity contribution < 1.29 is 0 Å². The van der Waals surface area contributed by atoms with E-state index in [4.69, 9.17) is 0 Å². The van der Waals surface area contributed by atoms with Gasteiger partial charge in [0, 0.05) is 79.9 Å². The van der Waals surface area contributed by atoms with Crippen LogP contribution in [-0.4, -0.2) is 18.7 Å². The second-order valence-electron chi connectivity index (χ2n) is 17.5. The zero-order chi connectivity index (χ0) is 45.9. The summed E-state index contributed by atoms with van der Waals surface area (Å²) in [7, 11) is 0. The summed E-state index contributed by atoms with van der Waals surface area (Å²) < 4.78 is 9.09. The largest absolute Gasteiger partial charge is 0.261 e. The molecule has 68 heavy (non-hydrogen) atoms. The van der Waals surface area contributed by atoms with Crippen molar-refractivity contribution in [2.75, 3.05) is 20.0 Å². The predicted molar refractivity (Wildman–Crippen MR) is 283 cm³/mol. The van der Waals surface area contributed by atoms with E-state index < -0.39 is 0 Å². The molecule has 4 heterocycles. The Morgan fingerprint density at radius 2 is 0.471 bits per heavy atom. The average Bonchev–Trinajstić information content (AvgIpc) is 4.21. The molecule has 12 aromatic rings. The predicted octanol–water partition coefficient (Wildman–Crippen LogP) is 15.4. The van der Waals surface area contributed by atoms with Gasteiger partial charge in [-0.3, -0.25) is 18.7 Å². The van der Waals surface area contributed by atoms with Crippen LogP contribution in [0.15, 0.2) is 231 Å². The van der Waals surface area contributed by atoms with Crippen LogP contribution in [0.3, 0.4) is 0 Å². The van der Waals surface area contributed by atoms with E-state index in [1.807, 2.05) is 0 Å². The first-order chi connectivity index (χ1) is 33.4. The summed E-state index contributed by atoms with van der Waals surface area (Å²) in [6.45, 7) is 8.70. The monoisotopic (exact) mass is 882 g/mol. The number of hydrogen-bond donors (Lipinski definition) is 0. The lowest BCUT2D eigenvalue weighted by Crippen LogP contribution is -2.28. The molecule has 0 amide bonds. The Morgan fingerprint density at radius 1 is 0.250 bits per heavy atom. The standard InChI is InChI=1S/C60H50N8/c1-43-21-17-37-61(43)65(47-25-9-5-10-26-47)55-41-56(66(48-27-11-6-12-28-48)62-38-18-22-44(62)2)52-35-36-54-58(68(50-31-15-8-16-32-50)64-40-20-24-46(64)4)42-57(53-34-33-51(55)59(52)60(53)54)67(49-29-13-7-14-30-49)63-39-19-23-45(63)3/h5-42H,1-4H3. The number of hydrogen-bond acceptors (Lipinski definition) is 4. The van der Waals surface area contributed by atoms with Crippen molar-refractivity contribution in [2.45, 2.75) is 27.7 Å². The molecule has 330 valence electrons. The highest BCUT2D eigenvalue weighted by Crippen LogP contribution is 2.52. The van der Waals surface area contributed by atoms with Gasteiger partial charge in [-0.25, -0.2) is 20.0 Å². The zero-order valence-electron chi connectivity index (χ0n) is 38.5. The molecule has 8 aromatic carbocycles. The van der Waals surface area contributed by atoms with Crippen LogP contribution in [0.5, 0.6) is 0 Å². The summed E-state index contributed by atoms with van der Waals surface area (Å²) in [6, 6.07) is 74.4. The highest BCUT2D eigenvalue weighted by atomic mass is 15.6. The lowest BCUT2D eigenvalue weighted by molar-refractivity contribution is 0.785. The van der Waals surface area contributed by atoms with E-state index in [0.717, 1.165) is 89.8 Å². The minimum atomic E-state index is 1.05. The molecule has 0 aliphatic heterocycles. The molecule has 4 aromatic heterocycles. The van der Waals surface area contributed by atoms with E-state index in [2.05, 4.69) is 297 Å². The lowest BCUT2D eigenvalue weighted by Gasteiger charge is -2.35. The first-order valence-corrected chi connectivity index (χ1v) is 23.2. The molecule has 0 atom stereocenters. The third-order valence-electron chi connectivity index (χ3n) is 13.3. The normalized spacial score (nSPS) is 11.5. The first kappa shape index (κ1) is 40.6. The molecule has 8 nitrogen and oxygen atoms in total. The van der Waals surface area contributed by atoms with Crippen molar-refractivity contribution in [1.29, 1.82) is 0 Å². The van der Waals surface area contributed by atoms with Gasteiger partial charge in [-0.15, -0.1) is 0 Å². The van der Waals surface area contributed by atoms with Gasteiger partial charge in [-0.05, 0) is 137 Å². The fourth-order valence-corrected chi connectivity index (χ4v) is 10.1. The van der Waals surface area contributed by atoms with E-state index >= 15 is 0 Å². The number of benzene rings is 8. The third kappa shape index (κ3) is 6.60. The highest BCUT2D eigenvalue weighted by Gasteiger charge is 2.29. The Hall–Kier alpha value is -8.88. The molecule has 0 aliphatic rings. The smallest absolute Gasteiger partial charge is 0.0737 e. The quantitative estimate of drug-likeness (QED) is 0.114. The van der Waals surface area contributed by atoms with E-state index in [1.165, 1.54) is 10.8 Å². The Labute approximate surface area is 396 Å². The second-order valence-corrected chi connectivity index (χ2v) is 17.5. The number of aryl methyl sites for hydroxylation is 4. The van der Waals surface area contributed by atoms with Crippen molar-refractivity contribution in [1.82, 2.24) is 18.7 Å². The molecule has 12 rings (SSSR count). The van der Waals surface area contributed by atoms with Gasteiger partial charge in [0.25, 0.3) is 0 Å². The molecular formula is C60H50N8. The van der Waals surface area contributed by atoms with Crippen LogP contribution in [0.2, 0.25) is 0 Å².